The summed E-state index contributed by atoms with van der Waals surface area (Å²) in [6, 6.07) is 18.6. The summed E-state index contributed by atoms with van der Waals surface area (Å²) >= 11 is 5.32. The lowest BCUT2D eigenvalue weighted by Gasteiger charge is -2.38. The fourth-order valence-corrected chi connectivity index (χ4v) is 4.76. The molecule has 0 fully saturated rings. The first kappa shape index (κ1) is 16.8. The molecule has 136 valence electrons. The maximum atomic E-state index is 6.40. The van der Waals surface area contributed by atoms with Crippen LogP contribution in [-0.2, 0) is 0 Å². The van der Waals surface area contributed by atoms with Crippen molar-refractivity contribution in [3.8, 4) is 11.5 Å². The monoisotopic (exact) mass is 440 g/mol. The fourth-order valence-electron chi connectivity index (χ4n) is 3.66. The number of hydrogen-bond donors (Lipinski definition) is 0. The number of rotatable bonds is 3. The standard InChI is InChI=1S/C21H17BrN2O2S/c1-25-15-5-2-4-13(10-15)21-24-18(12-17(23-24)20-6-3-9-27-20)16-11-14(22)7-8-19(16)26-21/h2-11,18,21H,12H2,1H3/t18-,21-/m0/s1. The highest BCUT2D eigenvalue weighted by molar-refractivity contribution is 9.10. The van der Waals surface area contributed by atoms with Crippen LogP contribution in [0.5, 0.6) is 11.5 Å². The molecule has 0 aliphatic carbocycles. The Morgan fingerprint density at radius 3 is 2.93 bits per heavy atom. The zero-order chi connectivity index (χ0) is 18.4. The molecular formula is C21H17BrN2O2S. The molecule has 0 bridgehead atoms. The summed E-state index contributed by atoms with van der Waals surface area (Å²) in [6.45, 7) is 0. The van der Waals surface area contributed by atoms with Crippen molar-refractivity contribution in [2.45, 2.75) is 18.7 Å². The Morgan fingerprint density at radius 1 is 1.19 bits per heavy atom. The Morgan fingerprint density at radius 2 is 2.11 bits per heavy atom. The first-order chi connectivity index (χ1) is 13.2. The van der Waals surface area contributed by atoms with Crippen molar-refractivity contribution < 1.29 is 9.47 Å². The number of halogens is 1. The molecule has 6 heteroatoms. The Bertz CT molecular complexity index is 1020. The molecule has 0 saturated carbocycles. The van der Waals surface area contributed by atoms with Gasteiger partial charge in [0.1, 0.15) is 11.5 Å². The van der Waals surface area contributed by atoms with Crippen molar-refractivity contribution in [3.05, 3.63) is 80.5 Å². The molecule has 27 heavy (non-hydrogen) atoms. The van der Waals surface area contributed by atoms with Crippen LogP contribution in [0.15, 0.2) is 69.6 Å². The van der Waals surface area contributed by atoms with Crippen LogP contribution in [0.3, 0.4) is 0 Å². The fraction of sp³-hybridized carbons (Fsp3) is 0.190. The minimum Gasteiger partial charge on any atom is -0.497 e. The number of ether oxygens (including phenoxy) is 2. The molecule has 0 amide bonds. The van der Waals surface area contributed by atoms with E-state index in [9.17, 15) is 0 Å². The van der Waals surface area contributed by atoms with Crippen LogP contribution < -0.4 is 9.47 Å². The quantitative estimate of drug-likeness (QED) is 0.518. The van der Waals surface area contributed by atoms with Gasteiger partial charge in [-0.25, -0.2) is 5.01 Å². The third-order valence-corrected chi connectivity index (χ3v) is 6.35. The van der Waals surface area contributed by atoms with E-state index in [4.69, 9.17) is 14.6 Å². The van der Waals surface area contributed by atoms with Gasteiger partial charge in [0.05, 0.1) is 23.7 Å². The topological polar surface area (TPSA) is 34.1 Å². The first-order valence-electron chi connectivity index (χ1n) is 8.72. The molecule has 0 saturated heterocycles. The third kappa shape index (κ3) is 2.93. The van der Waals surface area contributed by atoms with E-state index in [1.807, 2.05) is 30.3 Å². The average molecular weight is 441 g/mol. The molecular weight excluding hydrogens is 424 g/mol. The number of hydrogen-bond acceptors (Lipinski definition) is 5. The summed E-state index contributed by atoms with van der Waals surface area (Å²) in [7, 11) is 1.68. The molecule has 2 aliphatic rings. The number of nitrogens with zero attached hydrogens (tertiary/aromatic N) is 2. The summed E-state index contributed by atoms with van der Waals surface area (Å²) in [5.41, 5.74) is 3.31. The molecule has 2 aromatic carbocycles. The normalized spacial score (nSPS) is 20.5. The second-order valence-corrected chi connectivity index (χ2v) is 8.42. The number of benzene rings is 2. The van der Waals surface area contributed by atoms with E-state index in [0.717, 1.165) is 33.7 Å². The molecule has 5 rings (SSSR count). The van der Waals surface area contributed by atoms with Crippen molar-refractivity contribution in [1.82, 2.24) is 5.01 Å². The average Bonchev–Trinajstić information content (AvgIpc) is 3.37. The lowest BCUT2D eigenvalue weighted by molar-refractivity contribution is -0.0191. The highest BCUT2D eigenvalue weighted by Gasteiger charge is 2.41. The molecule has 0 radical (unpaired) electrons. The van der Waals surface area contributed by atoms with E-state index in [1.165, 1.54) is 10.4 Å². The summed E-state index contributed by atoms with van der Waals surface area (Å²) in [5, 5.41) is 9.16. The summed E-state index contributed by atoms with van der Waals surface area (Å²) in [4.78, 5) is 1.21. The van der Waals surface area contributed by atoms with Crippen LogP contribution in [-0.4, -0.2) is 17.8 Å². The molecule has 0 unspecified atom stereocenters. The summed E-state index contributed by atoms with van der Waals surface area (Å²) < 4.78 is 12.9. The van der Waals surface area contributed by atoms with Crippen molar-refractivity contribution in [2.75, 3.05) is 7.11 Å². The van der Waals surface area contributed by atoms with Gasteiger partial charge in [0.15, 0.2) is 0 Å². The van der Waals surface area contributed by atoms with E-state index in [-0.39, 0.29) is 12.3 Å². The lowest BCUT2D eigenvalue weighted by Crippen LogP contribution is -2.33. The molecule has 3 aromatic rings. The molecule has 0 N–H and O–H groups in total. The van der Waals surface area contributed by atoms with Crippen molar-refractivity contribution in [2.24, 2.45) is 5.10 Å². The van der Waals surface area contributed by atoms with Crippen molar-refractivity contribution in [3.63, 3.8) is 0 Å². The van der Waals surface area contributed by atoms with E-state index < -0.39 is 0 Å². The van der Waals surface area contributed by atoms with E-state index >= 15 is 0 Å². The van der Waals surface area contributed by atoms with Gasteiger partial charge < -0.3 is 9.47 Å². The van der Waals surface area contributed by atoms with E-state index in [0.29, 0.717) is 0 Å². The Kier molecular flexibility index (Phi) is 4.17. The Labute approximate surface area is 170 Å². The van der Waals surface area contributed by atoms with Gasteiger partial charge in [-0.1, -0.05) is 34.1 Å². The first-order valence-corrected chi connectivity index (χ1v) is 10.4. The van der Waals surface area contributed by atoms with Gasteiger partial charge >= 0.3 is 0 Å². The highest BCUT2D eigenvalue weighted by Crippen LogP contribution is 2.48. The van der Waals surface area contributed by atoms with Gasteiger partial charge in [0, 0.05) is 22.0 Å². The van der Waals surface area contributed by atoms with Gasteiger partial charge in [0.25, 0.3) is 0 Å². The molecule has 0 spiro atoms. The SMILES string of the molecule is COc1cccc([C@@H]2Oc3ccc(Br)cc3[C@@H]3CC(c4cccs4)=NN32)c1. The maximum Gasteiger partial charge on any atom is 0.214 e. The second kappa shape index (κ2) is 6.69. The van der Waals surface area contributed by atoms with Gasteiger partial charge in [-0.05, 0) is 41.8 Å². The predicted molar refractivity (Wildman–Crippen MR) is 111 cm³/mol. The van der Waals surface area contributed by atoms with Crippen LogP contribution in [0.4, 0.5) is 0 Å². The number of fused-ring (bicyclic) bond motifs is 3. The summed E-state index contributed by atoms with van der Waals surface area (Å²) in [5.74, 6) is 1.73. The van der Waals surface area contributed by atoms with Crippen molar-refractivity contribution in [1.29, 1.82) is 0 Å². The lowest BCUT2D eigenvalue weighted by atomic mass is 9.97. The minimum atomic E-state index is -0.281. The number of hydrazone groups is 1. The van der Waals surface area contributed by atoms with Crippen LogP contribution in [0.1, 0.15) is 34.7 Å². The van der Waals surface area contributed by atoms with Crippen LogP contribution in [0.2, 0.25) is 0 Å². The Balaban J connectivity index is 1.61. The molecule has 2 atom stereocenters. The Hall–Kier alpha value is -2.31. The molecule has 1 aromatic heterocycles. The summed E-state index contributed by atoms with van der Waals surface area (Å²) in [6.07, 6.45) is 0.588. The molecule has 4 nitrogen and oxygen atoms in total. The largest absolute Gasteiger partial charge is 0.497 e. The van der Waals surface area contributed by atoms with Gasteiger partial charge in [0.2, 0.25) is 6.23 Å². The van der Waals surface area contributed by atoms with Crippen LogP contribution in [0.25, 0.3) is 0 Å². The minimum absolute atomic E-state index is 0.152. The zero-order valence-corrected chi connectivity index (χ0v) is 17.0. The van der Waals surface area contributed by atoms with Crippen LogP contribution >= 0.6 is 27.3 Å². The highest BCUT2D eigenvalue weighted by atomic mass is 79.9. The zero-order valence-electron chi connectivity index (χ0n) is 14.6. The molecule has 2 aliphatic heterocycles. The van der Waals surface area contributed by atoms with Crippen molar-refractivity contribution >= 4 is 33.0 Å². The predicted octanol–water partition coefficient (Wildman–Crippen LogP) is 5.76. The van der Waals surface area contributed by atoms with Gasteiger partial charge in [-0.15, -0.1) is 11.3 Å². The van der Waals surface area contributed by atoms with Crippen LogP contribution in [0, 0.1) is 0 Å². The molecule has 3 heterocycles. The third-order valence-electron chi connectivity index (χ3n) is 4.94. The van der Waals surface area contributed by atoms with Gasteiger partial charge in [-0.3, -0.25) is 0 Å². The maximum absolute atomic E-state index is 6.40. The van der Waals surface area contributed by atoms with Gasteiger partial charge in [-0.2, -0.15) is 5.10 Å². The van der Waals surface area contributed by atoms with E-state index in [1.54, 1.807) is 18.4 Å². The number of methoxy groups -OCH3 is 1. The smallest absolute Gasteiger partial charge is 0.214 e. The second-order valence-electron chi connectivity index (χ2n) is 6.55. The number of thiophene rings is 1. The van der Waals surface area contributed by atoms with E-state index in [2.05, 4.69) is 50.6 Å².